The van der Waals surface area contributed by atoms with Crippen LogP contribution in [0.5, 0.6) is 0 Å². The maximum Gasteiger partial charge on any atom is 0.177 e. The van der Waals surface area contributed by atoms with E-state index in [1.165, 1.54) is 23.3 Å². The Kier molecular flexibility index (Phi) is 5.60. The first-order valence-electron chi connectivity index (χ1n) is 9.39. The van der Waals surface area contributed by atoms with Gasteiger partial charge in [-0.25, -0.2) is 16.8 Å². The molecule has 0 spiro atoms. The average Bonchev–Trinajstić information content (AvgIpc) is 3.04. The van der Waals surface area contributed by atoms with Gasteiger partial charge in [0.05, 0.1) is 15.5 Å². The summed E-state index contributed by atoms with van der Waals surface area (Å²) in [6.45, 7) is 4.90. The molecule has 1 saturated heterocycles. The second-order valence-corrected chi connectivity index (χ2v) is 11.6. The lowest BCUT2D eigenvalue weighted by Crippen LogP contribution is -2.32. The van der Waals surface area contributed by atoms with E-state index < -0.39 is 19.7 Å². The van der Waals surface area contributed by atoms with Crippen molar-refractivity contribution in [1.29, 1.82) is 0 Å². The number of nitrogens with zero attached hydrogens (tertiary/aromatic N) is 1. The monoisotopic (exact) mass is 421 g/mol. The molecule has 0 unspecified atom stereocenters. The molecule has 3 rings (SSSR count). The van der Waals surface area contributed by atoms with E-state index >= 15 is 0 Å². The largest absolute Gasteiger partial charge is 0.367 e. The van der Waals surface area contributed by atoms with E-state index in [1.54, 1.807) is 6.07 Å². The first-order chi connectivity index (χ1) is 13.0. The molecule has 0 amide bonds. The summed E-state index contributed by atoms with van der Waals surface area (Å²) in [7, 11) is -7.06. The van der Waals surface area contributed by atoms with E-state index in [4.69, 9.17) is 0 Å². The highest BCUT2D eigenvalue weighted by molar-refractivity contribution is 7.91. The number of anilines is 1. The van der Waals surface area contributed by atoms with E-state index in [-0.39, 0.29) is 15.8 Å². The van der Waals surface area contributed by atoms with Crippen molar-refractivity contribution in [2.24, 2.45) is 0 Å². The van der Waals surface area contributed by atoms with Crippen molar-refractivity contribution in [3.63, 3.8) is 0 Å². The zero-order valence-electron chi connectivity index (χ0n) is 16.7. The van der Waals surface area contributed by atoms with Crippen molar-refractivity contribution in [3.8, 4) is 0 Å². The molecule has 1 aliphatic heterocycles. The number of rotatable bonds is 5. The minimum atomic E-state index is -3.58. The van der Waals surface area contributed by atoms with Crippen LogP contribution in [0.25, 0.3) is 0 Å². The van der Waals surface area contributed by atoms with Crippen LogP contribution < -0.4 is 4.90 Å². The summed E-state index contributed by atoms with van der Waals surface area (Å²) in [5.74, 6) is 0.313. The highest BCUT2D eigenvalue weighted by atomic mass is 32.2. The molecule has 0 bridgehead atoms. The van der Waals surface area contributed by atoms with Crippen molar-refractivity contribution in [2.75, 3.05) is 24.0 Å². The Morgan fingerprint density at radius 3 is 2.14 bits per heavy atom. The molecular formula is C21H27NO4S2. The number of benzene rings is 2. The molecule has 1 aliphatic rings. The molecule has 0 saturated carbocycles. The van der Waals surface area contributed by atoms with Crippen molar-refractivity contribution < 1.29 is 16.8 Å². The van der Waals surface area contributed by atoms with Crippen molar-refractivity contribution >= 4 is 25.4 Å². The first kappa shape index (κ1) is 20.9. The van der Waals surface area contributed by atoms with Crippen LogP contribution in [0, 0.1) is 6.92 Å². The van der Waals surface area contributed by atoms with Gasteiger partial charge in [0.15, 0.2) is 19.7 Å². The van der Waals surface area contributed by atoms with E-state index in [9.17, 15) is 16.8 Å². The van der Waals surface area contributed by atoms with Gasteiger partial charge >= 0.3 is 0 Å². The standard InChI is InChI=1S/C21H27NO4S2/c1-5-19-18(16-8-6-15(2)7-9-16)12-13-22(19)20-11-10-17(27(3,23)24)14-21(20)28(4,25)26/h6-11,14,18-19H,5,12-13H2,1-4H3/t18-,19-/m0/s1. The summed E-state index contributed by atoms with van der Waals surface area (Å²) in [5.41, 5.74) is 3.06. The number of hydrogen-bond donors (Lipinski definition) is 0. The van der Waals surface area contributed by atoms with Crippen molar-refractivity contribution in [3.05, 3.63) is 53.6 Å². The molecule has 0 radical (unpaired) electrons. The molecule has 1 fully saturated rings. The Hall–Kier alpha value is -1.86. The highest BCUT2D eigenvalue weighted by Crippen LogP contribution is 2.41. The summed E-state index contributed by atoms with van der Waals surface area (Å²) >= 11 is 0. The second kappa shape index (κ2) is 7.52. The number of sulfone groups is 2. The first-order valence-corrected chi connectivity index (χ1v) is 13.2. The fourth-order valence-electron chi connectivity index (χ4n) is 4.12. The molecule has 1 heterocycles. The van der Waals surface area contributed by atoms with E-state index in [1.807, 2.05) is 0 Å². The topological polar surface area (TPSA) is 71.5 Å². The molecule has 28 heavy (non-hydrogen) atoms. The van der Waals surface area contributed by atoms with Gasteiger partial charge in [0, 0.05) is 31.0 Å². The van der Waals surface area contributed by atoms with Gasteiger partial charge in [0.2, 0.25) is 0 Å². The molecule has 5 nitrogen and oxygen atoms in total. The van der Waals surface area contributed by atoms with Crippen LogP contribution in [-0.2, 0) is 19.7 Å². The lowest BCUT2D eigenvalue weighted by Gasteiger charge is -2.31. The van der Waals surface area contributed by atoms with Gasteiger partial charge in [-0.1, -0.05) is 36.8 Å². The Morgan fingerprint density at radius 1 is 0.964 bits per heavy atom. The molecule has 0 N–H and O–H groups in total. The van der Waals surface area contributed by atoms with Crippen LogP contribution in [0.15, 0.2) is 52.3 Å². The Morgan fingerprint density at radius 2 is 1.61 bits per heavy atom. The maximum absolute atomic E-state index is 12.5. The Labute approximate surface area is 168 Å². The molecule has 2 aromatic rings. The summed E-state index contributed by atoms with van der Waals surface area (Å²) in [6, 6.07) is 13.1. The van der Waals surface area contributed by atoms with Crippen molar-refractivity contribution in [2.45, 2.75) is 48.4 Å². The third-order valence-electron chi connectivity index (χ3n) is 5.54. The minimum absolute atomic E-state index is 0.0269. The van der Waals surface area contributed by atoms with E-state index in [0.29, 0.717) is 11.6 Å². The lowest BCUT2D eigenvalue weighted by atomic mass is 9.90. The van der Waals surface area contributed by atoms with Gasteiger partial charge in [0.25, 0.3) is 0 Å². The molecule has 0 aliphatic carbocycles. The van der Waals surface area contributed by atoms with Crippen LogP contribution in [0.2, 0.25) is 0 Å². The smallest absolute Gasteiger partial charge is 0.177 e. The van der Waals surface area contributed by atoms with Gasteiger partial charge in [-0.05, 0) is 43.5 Å². The quantitative estimate of drug-likeness (QED) is 0.738. The number of hydrogen-bond acceptors (Lipinski definition) is 5. The van der Waals surface area contributed by atoms with Crippen LogP contribution in [0.4, 0.5) is 5.69 Å². The van der Waals surface area contributed by atoms with Gasteiger partial charge < -0.3 is 4.90 Å². The molecule has 2 atom stereocenters. The maximum atomic E-state index is 12.5. The summed E-state index contributed by atoms with van der Waals surface area (Å²) in [4.78, 5) is 2.24. The van der Waals surface area contributed by atoms with Gasteiger partial charge in [-0.2, -0.15) is 0 Å². The third-order valence-corrected chi connectivity index (χ3v) is 7.77. The molecule has 7 heteroatoms. The van der Waals surface area contributed by atoms with Crippen molar-refractivity contribution in [1.82, 2.24) is 0 Å². The predicted octanol–water partition coefficient (Wildman–Crippen LogP) is 3.57. The zero-order chi connectivity index (χ0) is 20.7. The zero-order valence-corrected chi connectivity index (χ0v) is 18.3. The Bertz CT molecular complexity index is 1070. The highest BCUT2D eigenvalue weighted by Gasteiger charge is 2.36. The summed E-state index contributed by atoms with van der Waals surface area (Å²) in [6.07, 6.45) is 4.02. The Balaban J connectivity index is 2.06. The SMILES string of the molecule is CC[C@H]1[C@H](c2ccc(C)cc2)CCN1c1ccc(S(C)(=O)=O)cc1S(C)(=O)=O. The predicted molar refractivity (Wildman–Crippen MR) is 113 cm³/mol. The normalized spacial score (nSPS) is 20.5. The summed E-state index contributed by atoms with van der Waals surface area (Å²) in [5, 5.41) is 0. The van der Waals surface area contributed by atoms with E-state index in [0.717, 1.165) is 31.9 Å². The van der Waals surface area contributed by atoms with Crippen LogP contribution in [-0.4, -0.2) is 41.9 Å². The number of aryl methyl sites for hydroxylation is 1. The summed E-state index contributed by atoms with van der Waals surface area (Å²) < 4.78 is 48.7. The van der Waals surface area contributed by atoms with Crippen LogP contribution in [0.1, 0.15) is 36.8 Å². The minimum Gasteiger partial charge on any atom is -0.367 e. The fourth-order valence-corrected chi connectivity index (χ4v) is 5.75. The third kappa shape index (κ3) is 4.10. The van der Waals surface area contributed by atoms with Crippen LogP contribution >= 0.6 is 0 Å². The lowest BCUT2D eigenvalue weighted by molar-refractivity contribution is 0.568. The average molecular weight is 422 g/mol. The van der Waals surface area contributed by atoms with Crippen LogP contribution in [0.3, 0.4) is 0 Å². The second-order valence-electron chi connectivity index (χ2n) is 7.65. The molecule has 2 aromatic carbocycles. The molecule has 152 valence electrons. The molecular weight excluding hydrogens is 394 g/mol. The molecule has 0 aromatic heterocycles. The van der Waals surface area contributed by atoms with Gasteiger partial charge in [0.1, 0.15) is 0 Å². The van der Waals surface area contributed by atoms with E-state index in [2.05, 4.69) is 43.0 Å². The fraction of sp³-hybridized carbons (Fsp3) is 0.429. The van der Waals surface area contributed by atoms with Gasteiger partial charge in [-0.3, -0.25) is 0 Å². The van der Waals surface area contributed by atoms with Gasteiger partial charge in [-0.15, -0.1) is 0 Å².